The largest absolute Gasteiger partial charge is 0.381 e. The third kappa shape index (κ3) is 4.87. The molecule has 3 aliphatic heterocycles. The number of benzene rings is 1. The monoisotopic (exact) mass is 519 g/mol. The molecule has 38 heavy (non-hydrogen) atoms. The molecule has 1 atom stereocenters. The molecule has 0 bridgehead atoms. The van der Waals surface area contributed by atoms with Crippen molar-refractivity contribution in [3.63, 3.8) is 0 Å². The number of carbonyl (C=O) groups excluding carboxylic acids is 1. The van der Waals surface area contributed by atoms with Crippen LogP contribution in [0.4, 0.5) is 16.4 Å². The van der Waals surface area contributed by atoms with Crippen molar-refractivity contribution in [2.24, 2.45) is 5.92 Å². The third-order valence-corrected chi connectivity index (χ3v) is 9.43. The Hall–Kier alpha value is -2.75. The Morgan fingerprint density at radius 1 is 1.05 bits per heavy atom. The van der Waals surface area contributed by atoms with E-state index in [-0.39, 0.29) is 17.1 Å². The average Bonchev–Trinajstić information content (AvgIpc) is 3.58. The zero-order chi connectivity index (χ0) is 26.2. The Morgan fingerprint density at radius 3 is 2.42 bits per heavy atom. The summed E-state index contributed by atoms with van der Waals surface area (Å²) in [4.78, 5) is 31.4. The normalized spacial score (nSPS) is 30.4. The summed E-state index contributed by atoms with van der Waals surface area (Å²) in [6.07, 6.45) is 8.66. The van der Waals surface area contributed by atoms with Crippen molar-refractivity contribution in [2.75, 3.05) is 76.4 Å². The molecular weight excluding hydrogens is 478 g/mol. The van der Waals surface area contributed by atoms with Crippen LogP contribution >= 0.6 is 0 Å². The van der Waals surface area contributed by atoms with Crippen LogP contribution in [-0.2, 0) is 10.3 Å². The molecule has 2 aromatic rings. The van der Waals surface area contributed by atoms with Crippen LogP contribution in [0, 0.1) is 5.92 Å². The van der Waals surface area contributed by atoms with Gasteiger partial charge >= 0.3 is 6.03 Å². The van der Waals surface area contributed by atoms with Gasteiger partial charge in [-0.15, -0.1) is 0 Å². The van der Waals surface area contributed by atoms with Crippen LogP contribution < -0.4 is 15.1 Å². The van der Waals surface area contributed by atoms with Crippen molar-refractivity contribution >= 4 is 17.7 Å². The molecule has 4 heterocycles. The zero-order valence-corrected chi connectivity index (χ0v) is 22.8. The zero-order valence-electron chi connectivity index (χ0n) is 22.8. The molecule has 204 valence electrons. The minimum atomic E-state index is -0.219. The Kier molecular flexibility index (Phi) is 7.01. The summed E-state index contributed by atoms with van der Waals surface area (Å²) in [5, 5.41) is 3.38. The quantitative estimate of drug-likeness (QED) is 0.629. The molecule has 1 aromatic carbocycles. The minimum Gasteiger partial charge on any atom is -0.381 e. The third-order valence-electron chi connectivity index (χ3n) is 9.43. The smallest absolute Gasteiger partial charge is 0.322 e. The highest BCUT2D eigenvalue weighted by molar-refractivity contribution is 5.95. The SMILES string of the molecule is CN1CCN(c2ncc(N3C[C@]4(CC[C@](c5ccccc5)(N(C)CC5CCOC5)CC4)NC3=O)cn2)CC1. The molecule has 1 unspecified atom stereocenters. The van der Waals surface area contributed by atoms with Gasteiger partial charge in [0.2, 0.25) is 5.95 Å². The number of urea groups is 1. The van der Waals surface area contributed by atoms with Crippen molar-refractivity contribution in [1.82, 2.24) is 25.1 Å². The van der Waals surface area contributed by atoms with Crippen LogP contribution in [0.2, 0.25) is 0 Å². The molecule has 9 nitrogen and oxygen atoms in total. The maximum Gasteiger partial charge on any atom is 0.322 e. The summed E-state index contributed by atoms with van der Waals surface area (Å²) in [5.74, 6) is 1.34. The van der Waals surface area contributed by atoms with Crippen molar-refractivity contribution < 1.29 is 9.53 Å². The standard InChI is InChI=1S/C29H41N7O2/c1-33-13-15-35(16-14-33)26-30-18-25(19-31-26)36-22-28(32-27(36)37)9-11-29(12-10-28,24-6-4-3-5-7-24)34(2)20-23-8-17-38-21-23/h3-7,18-19,23H,8-17,20-22H2,1-2H3,(H,32,37)/t23?,28-,29+. The molecule has 1 saturated carbocycles. The lowest BCUT2D eigenvalue weighted by Gasteiger charge is -2.50. The molecule has 1 spiro atoms. The van der Waals surface area contributed by atoms with E-state index >= 15 is 0 Å². The van der Waals surface area contributed by atoms with Crippen LogP contribution in [0.15, 0.2) is 42.7 Å². The molecule has 9 heteroatoms. The van der Waals surface area contributed by atoms with Gasteiger partial charge in [-0.1, -0.05) is 30.3 Å². The number of anilines is 2. The summed E-state index contributed by atoms with van der Waals surface area (Å²) in [6, 6.07) is 10.9. The van der Waals surface area contributed by atoms with Crippen LogP contribution in [0.5, 0.6) is 0 Å². The van der Waals surface area contributed by atoms with Crippen LogP contribution in [0.1, 0.15) is 37.7 Å². The van der Waals surface area contributed by atoms with Gasteiger partial charge in [-0.05, 0) is 57.7 Å². The van der Waals surface area contributed by atoms with E-state index in [4.69, 9.17) is 4.74 Å². The first-order chi connectivity index (χ1) is 18.5. The Bertz CT molecular complexity index is 1090. The number of piperazine rings is 1. The van der Waals surface area contributed by atoms with E-state index in [1.54, 1.807) is 0 Å². The highest BCUT2D eigenvalue weighted by Crippen LogP contribution is 2.47. The van der Waals surface area contributed by atoms with E-state index in [1.165, 1.54) is 5.56 Å². The number of nitrogens with zero attached hydrogens (tertiary/aromatic N) is 6. The number of ether oxygens (including phenoxy) is 1. The van der Waals surface area contributed by atoms with Crippen molar-refractivity contribution in [3.8, 4) is 0 Å². The predicted octanol–water partition coefficient (Wildman–Crippen LogP) is 2.93. The fraction of sp³-hybridized carbons (Fsp3) is 0.621. The number of likely N-dealkylation sites (N-methyl/N-ethyl adjacent to an activating group) is 1. The molecule has 4 fully saturated rings. The van der Waals surface area contributed by atoms with E-state index in [1.807, 2.05) is 17.3 Å². The van der Waals surface area contributed by atoms with Gasteiger partial charge in [0.15, 0.2) is 0 Å². The molecular formula is C29H41N7O2. The second kappa shape index (κ2) is 10.4. The molecule has 6 rings (SSSR count). The maximum absolute atomic E-state index is 13.2. The van der Waals surface area contributed by atoms with E-state index in [2.05, 4.69) is 74.4 Å². The summed E-state index contributed by atoms with van der Waals surface area (Å²) in [5.41, 5.74) is 1.91. The van der Waals surface area contributed by atoms with Crippen molar-refractivity contribution in [3.05, 3.63) is 48.3 Å². The van der Waals surface area contributed by atoms with Crippen molar-refractivity contribution in [2.45, 2.75) is 43.2 Å². The molecule has 3 saturated heterocycles. The first-order valence-corrected chi connectivity index (χ1v) is 14.2. The van der Waals surface area contributed by atoms with Crippen LogP contribution in [-0.4, -0.2) is 97.9 Å². The van der Waals surface area contributed by atoms with Gasteiger partial charge in [-0.3, -0.25) is 9.80 Å². The molecule has 0 radical (unpaired) electrons. The number of rotatable bonds is 6. The van der Waals surface area contributed by atoms with E-state index in [0.29, 0.717) is 12.5 Å². The highest BCUT2D eigenvalue weighted by atomic mass is 16.5. The van der Waals surface area contributed by atoms with Crippen LogP contribution in [0.3, 0.4) is 0 Å². The molecule has 1 N–H and O–H groups in total. The fourth-order valence-corrected chi connectivity index (χ4v) is 6.89. The Balaban J connectivity index is 1.15. The van der Waals surface area contributed by atoms with Gasteiger partial charge in [-0.25, -0.2) is 14.8 Å². The first-order valence-electron chi connectivity index (χ1n) is 14.2. The number of hydrogen-bond acceptors (Lipinski definition) is 7. The lowest BCUT2D eigenvalue weighted by atomic mass is 9.68. The van der Waals surface area contributed by atoms with E-state index < -0.39 is 0 Å². The number of carbonyl (C=O) groups is 1. The molecule has 2 amide bonds. The molecule has 4 aliphatic rings. The fourth-order valence-electron chi connectivity index (χ4n) is 6.89. The highest BCUT2D eigenvalue weighted by Gasteiger charge is 2.51. The summed E-state index contributed by atoms with van der Waals surface area (Å²) in [7, 11) is 4.42. The number of amides is 2. The van der Waals surface area contributed by atoms with Gasteiger partial charge in [0.1, 0.15) is 0 Å². The first kappa shape index (κ1) is 25.5. The molecule has 1 aliphatic carbocycles. The van der Waals surface area contributed by atoms with Gasteiger partial charge in [0.05, 0.1) is 36.8 Å². The van der Waals surface area contributed by atoms with Crippen molar-refractivity contribution in [1.29, 1.82) is 0 Å². The second-order valence-corrected chi connectivity index (χ2v) is 11.8. The second-order valence-electron chi connectivity index (χ2n) is 11.8. The number of aromatic nitrogens is 2. The predicted molar refractivity (Wildman–Crippen MR) is 148 cm³/mol. The summed E-state index contributed by atoms with van der Waals surface area (Å²) in [6.45, 7) is 7.31. The summed E-state index contributed by atoms with van der Waals surface area (Å²) >= 11 is 0. The van der Waals surface area contributed by atoms with Gasteiger partial charge < -0.3 is 19.9 Å². The van der Waals surface area contributed by atoms with E-state index in [0.717, 1.165) is 89.7 Å². The number of hydrogen-bond donors (Lipinski definition) is 1. The average molecular weight is 520 g/mol. The maximum atomic E-state index is 13.2. The van der Waals surface area contributed by atoms with Gasteiger partial charge in [0.25, 0.3) is 0 Å². The lowest BCUT2D eigenvalue weighted by molar-refractivity contribution is 0.0323. The van der Waals surface area contributed by atoms with Gasteiger partial charge in [0, 0.05) is 44.9 Å². The molecule has 1 aromatic heterocycles. The Morgan fingerprint density at radius 2 is 1.76 bits per heavy atom. The summed E-state index contributed by atoms with van der Waals surface area (Å²) < 4.78 is 5.68. The lowest BCUT2D eigenvalue weighted by Crippen LogP contribution is -2.55. The number of nitrogens with one attached hydrogen (secondary N) is 1. The van der Waals surface area contributed by atoms with Gasteiger partial charge in [-0.2, -0.15) is 0 Å². The minimum absolute atomic E-state index is 0.0273. The topological polar surface area (TPSA) is 77.1 Å². The Labute approximate surface area is 226 Å². The van der Waals surface area contributed by atoms with E-state index in [9.17, 15) is 4.79 Å². The van der Waals surface area contributed by atoms with Crippen LogP contribution in [0.25, 0.3) is 0 Å².